The number of hydrogen-bond acceptors (Lipinski definition) is 6. The molecule has 0 aliphatic carbocycles. The van der Waals surface area contributed by atoms with Crippen molar-refractivity contribution in [3.05, 3.63) is 45.9 Å². The summed E-state index contributed by atoms with van der Waals surface area (Å²) in [7, 11) is 1.29. The monoisotopic (exact) mass is 336 g/mol. The van der Waals surface area contributed by atoms with Gasteiger partial charge in [0, 0.05) is 16.0 Å². The third-order valence-electron chi connectivity index (χ3n) is 2.79. The molecule has 0 bridgehead atoms. The van der Waals surface area contributed by atoms with E-state index in [4.69, 9.17) is 0 Å². The van der Waals surface area contributed by atoms with E-state index in [9.17, 15) is 9.59 Å². The van der Waals surface area contributed by atoms with Gasteiger partial charge in [0.05, 0.1) is 23.4 Å². The van der Waals surface area contributed by atoms with Gasteiger partial charge in [0.15, 0.2) is 0 Å². The predicted molar refractivity (Wildman–Crippen MR) is 87.2 cm³/mol. The maximum Gasteiger partial charge on any atom is 0.325 e. The first kappa shape index (κ1) is 16.5. The number of amides is 1. The van der Waals surface area contributed by atoms with Crippen LogP contribution in [0.5, 0.6) is 0 Å². The van der Waals surface area contributed by atoms with Gasteiger partial charge in [0.2, 0.25) is 0 Å². The molecule has 1 aromatic heterocycles. The number of nitrogens with one attached hydrogen (secondary N) is 1. The largest absolute Gasteiger partial charge is 0.468 e. The standard InChI is InChI=1S/C15H16N2O3S2/c1-10-17-11(8-21-10)9-22-13-6-4-3-5-12(13)15(19)16-7-14(18)20-2/h3-6,8H,7,9H2,1-2H3,(H,16,19). The lowest BCUT2D eigenvalue weighted by molar-refractivity contribution is -0.139. The van der Waals surface area contributed by atoms with Crippen molar-refractivity contribution in [3.8, 4) is 0 Å². The molecule has 1 amide bonds. The molecule has 0 saturated heterocycles. The number of carbonyl (C=O) groups is 2. The van der Waals surface area contributed by atoms with Gasteiger partial charge in [-0.2, -0.15) is 0 Å². The van der Waals surface area contributed by atoms with Crippen LogP contribution in [0.25, 0.3) is 0 Å². The van der Waals surface area contributed by atoms with Crippen LogP contribution >= 0.6 is 23.1 Å². The quantitative estimate of drug-likeness (QED) is 0.649. The molecule has 0 atom stereocenters. The Bertz CT molecular complexity index is 670. The third kappa shape index (κ3) is 4.57. The highest BCUT2D eigenvalue weighted by molar-refractivity contribution is 7.98. The fraction of sp³-hybridized carbons (Fsp3) is 0.267. The first-order valence-corrected chi connectivity index (χ1v) is 8.44. The van der Waals surface area contributed by atoms with Crippen molar-refractivity contribution in [2.24, 2.45) is 0 Å². The fourth-order valence-electron chi connectivity index (χ4n) is 1.73. The van der Waals surface area contributed by atoms with Crippen LogP contribution in [0.2, 0.25) is 0 Å². The maximum atomic E-state index is 12.2. The van der Waals surface area contributed by atoms with E-state index in [1.165, 1.54) is 7.11 Å². The van der Waals surface area contributed by atoms with Gasteiger partial charge in [-0.1, -0.05) is 12.1 Å². The van der Waals surface area contributed by atoms with Crippen molar-refractivity contribution < 1.29 is 14.3 Å². The molecular formula is C15H16N2O3S2. The van der Waals surface area contributed by atoms with Gasteiger partial charge in [-0.3, -0.25) is 9.59 Å². The summed E-state index contributed by atoms with van der Waals surface area (Å²) in [6.45, 7) is 1.83. The zero-order valence-electron chi connectivity index (χ0n) is 12.3. The van der Waals surface area contributed by atoms with E-state index in [0.29, 0.717) is 11.3 Å². The van der Waals surface area contributed by atoms with Crippen LogP contribution in [-0.2, 0) is 15.3 Å². The van der Waals surface area contributed by atoms with Gasteiger partial charge in [-0.25, -0.2) is 4.98 Å². The summed E-state index contributed by atoms with van der Waals surface area (Å²) in [6, 6.07) is 7.30. The Balaban J connectivity index is 2.02. The number of esters is 1. The van der Waals surface area contributed by atoms with Crippen LogP contribution in [0.15, 0.2) is 34.5 Å². The molecule has 1 N–H and O–H groups in total. The van der Waals surface area contributed by atoms with E-state index in [0.717, 1.165) is 15.6 Å². The highest BCUT2D eigenvalue weighted by atomic mass is 32.2. The lowest BCUT2D eigenvalue weighted by Crippen LogP contribution is -2.30. The minimum Gasteiger partial charge on any atom is -0.468 e. The molecule has 116 valence electrons. The molecule has 5 nitrogen and oxygen atoms in total. The molecule has 1 aromatic carbocycles. The second-order valence-corrected chi connectivity index (χ2v) is 6.48. The third-order valence-corrected chi connectivity index (χ3v) is 4.72. The maximum absolute atomic E-state index is 12.2. The number of thiazole rings is 1. The molecule has 0 saturated carbocycles. The normalized spacial score (nSPS) is 10.3. The van der Waals surface area contributed by atoms with Crippen LogP contribution in [0.1, 0.15) is 21.1 Å². The number of nitrogens with zero attached hydrogens (tertiary/aromatic N) is 1. The molecule has 0 aliphatic heterocycles. The molecule has 0 radical (unpaired) electrons. The molecule has 0 spiro atoms. The van der Waals surface area contributed by atoms with Crippen LogP contribution in [-0.4, -0.2) is 30.5 Å². The van der Waals surface area contributed by atoms with Crippen molar-refractivity contribution in [3.63, 3.8) is 0 Å². The molecule has 2 rings (SSSR count). The minimum absolute atomic E-state index is 0.139. The van der Waals surface area contributed by atoms with Crippen molar-refractivity contribution in [2.45, 2.75) is 17.6 Å². The molecule has 0 aliphatic rings. The lowest BCUT2D eigenvalue weighted by atomic mass is 10.2. The summed E-state index contributed by atoms with van der Waals surface area (Å²) in [6.07, 6.45) is 0. The van der Waals surface area contributed by atoms with Gasteiger partial charge in [0.25, 0.3) is 5.91 Å². The molecule has 2 aromatic rings. The molecule has 0 unspecified atom stereocenters. The molecule has 7 heteroatoms. The highest BCUT2D eigenvalue weighted by Gasteiger charge is 2.13. The van der Waals surface area contributed by atoms with Crippen LogP contribution in [0.3, 0.4) is 0 Å². The van der Waals surface area contributed by atoms with E-state index in [-0.39, 0.29) is 12.5 Å². The van der Waals surface area contributed by atoms with Crippen LogP contribution in [0, 0.1) is 6.92 Å². The number of ether oxygens (including phenoxy) is 1. The average molecular weight is 336 g/mol. The Morgan fingerprint density at radius 1 is 1.36 bits per heavy atom. The van der Waals surface area contributed by atoms with E-state index in [1.807, 2.05) is 24.4 Å². The molecule has 22 heavy (non-hydrogen) atoms. The minimum atomic E-state index is -0.476. The number of aryl methyl sites for hydroxylation is 1. The average Bonchev–Trinajstić information content (AvgIpc) is 2.96. The smallest absolute Gasteiger partial charge is 0.325 e. The van der Waals surface area contributed by atoms with Gasteiger partial charge in [-0.05, 0) is 19.1 Å². The highest BCUT2D eigenvalue weighted by Crippen LogP contribution is 2.26. The Hall–Kier alpha value is -1.86. The topological polar surface area (TPSA) is 68.3 Å². The molecule has 0 fully saturated rings. The first-order valence-electron chi connectivity index (χ1n) is 6.58. The van der Waals surface area contributed by atoms with Crippen molar-refractivity contribution in [1.29, 1.82) is 0 Å². The van der Waals surface area contributed by atoms with Gasteiger partial charge in [0.1, 0.15) is 6.54 Å². The number of carbonyl (C=O) groups excluding carboxylic acids is 2. The molecule has 1 heterocycles. The molecular weight excluding hydrogens is 320 g/mol. The predicted octanol–water partition coefficient (Wildman–Crippen LogP) is 2.65. The van der Waals surface area contributed by atoms with E-state index in [2.05, 4.69) is 15.0 Å². The fourth-order valence-corrected chi connectivity index (χ4v) is 3.39. The summed E-state index contributed by atoms with van der Waals surface area (Å²) < 4.78 is 4.51. The Morgan fingerprint density at radius 2 is 2.14 bits per heavy atom. The summed E-state index contributed by atoms with van der Waals surface area (Å²) in [5.74, 6) is -0.0644. The Kier molecular flexibility index (Phi) is 5.97. The van der Waals surface area contributed by atoms with Crippen LogP contribution in [0.4, 0.5) is 0 Å². The number of rotatable bonds is 6. The summed E-state index contributed by atoms with van der Waals surface area (Å²) in [4.78, 5) is 28.5. The summed E-state index contributed by atoms with van der Waals surface area (Å²) >= 11 is 3.16. The van der Waals surface area contributed by atoms with Gasteiger partial charge >= 0.3 is 5.97 Å². The summed E-state index contributed by atoms with van der Waals surface area (Å²) in [5, 5.41) is 5.60. The Labute approximate surface area is 137 Å². The number of thioether (sulfide) groups is 1. The van der Waals surface area contributed by atoms with Crippen molar-refractivity contribution in [1.82, 2.24) is 10.3 Å². The Morgan fingerprint density at radius 3 is 2.82 bits per heavy atom. The zero-order valence-corrected chi connectivity index (χ0v) is 13.9. The SMILES string of the molecule is COC(=O)CNC(=O)c1ccccc1SCc1csc(C)n1. The summed E-state index contributed by atoms with van der Waals surface area (Å²) in [5.41, 5.74) is 1.54. The second kappa shape index (κ2) is 7.95. The van der Waals surface area contributed by atoms with Gasteiger partial charge in [-0.15, -0.1) is 23.1 Å². The zero-order chi connectivity index (χ0) is 15.9. The number of benzene rings is 1. The lowest BCUT2D eigenvalue weighted by Gasteiger charge is -2.08. The van der Waals surface area contributed by atoms with Crippen molar-refractivity contribution >= 4 is 35.0 Å². The van der Waals surface area contributed by atoms with Crippen molar-refractivity contribution in [2.75, 3.05) is 13.7 Å². The first-order chi connectivity index (χ1) is 10.6. The van der Waals surface area contributed by atoms with E-state index < -0.39 is 5.97 Å². The van der Waals surface area contributed by atoms with Gasteiger partial charge < -0.3 is 10.1 Å². The number of methoxy groups -OCH3 is 1. The second-order valence-electron chi connectivity index (χ2n) is 4.40. The van der Waals surface area contributed by atoms with E-state index >= 15 is 0 Å². The number of hydrogen-bond donors (Lipinski definition) is 1. The van der Waals surface area contributed by atoms with Crippen LogP contribution < -0.4 is 5.32 Å². The number of aromatic nitrogens is 1. The van der Waals surface area contributed by atoms with E-state index in [1.54, 1.807) is 35.2 Å².